The molecule has 0 spiro atoms. The number of unbranched alkanes of at least 4 members (excludes halogenated alkanes) is 3. The van der Waals surface area contributed by atoms with Crippen molar-refractivity contribution in [3.8, 4) is 0 Å². The van der Waals surface area contributed by atoms with Crippen LogP contribution in [0.1, 0.15) is 46.0 Å². The molecule has 0 saturated heterocycles. The number of aliphatic carboxylic acids is 2. The van der Waals surface area contributed by atoms with Gasteiger partial charge < -0.3 is 19.7 Å². The lowest BCUT2D eigenvalue weighted by Crippen LogP contribution is -2.05. The fraction of sp³-hybridized carbons (Fsp3) is 0.529. The molecule has 8 nitrogen and oxygen atoms in total. The highest BCUT2D eigenvalue weighted by molar-refractivity contribution is 5.91. The van der Waals surface area contributed by atoms with Gasteiger partial charge in [0.25, 0.3) is 0 Å². The molecular formula is C17H26O8. The zero-order chi connectivity index (χ0) is 19.5. The van der Waals surface area contributed by atoms with E-state index < -0.39 is 23.9 Å². The van der Waals surface area contributed by atoms with Gasteiger partial charge in [0.1, 0.15) is 0 Å². The summed E-state index contributed by atoms with van der Waals surface area (Å²) in [6.07, 6.45) is 8.32. The number of hydrogen-bond donors (Lipinski definition) is 2. The van der Waals surface area contributed by atoms with Gasteiger partial charge >= 0.3 is 23.9 Å². The predicted octanol–water partition coefficient (Wildman–Crippen LogP) is 2.33. The Morgan fingerprint density at radius 1 is 0.680 bits per heavy atom. The molecule has 0 rings (SSSR count). The highest BCUT2D eigenvalue weighted by atomic mass is 16.5. The largest absolute Gasteiger partial charge is 0.478 e. The number of hydrogen-bond acceptors (Lipinski definition) is 6. The van der Waals surface area contributed by atoms with Crippen molar-refractivity contribution in [2.45, 2.75) is 46.0 Å². The lowest BCUT2D eigenvalue weighted by atomic mass is 10.2. The minimum atomic E-state index is -1.26. The first kappa shape index (κ1) is 24.6. The molecule has 8 heteroatoms. The Bertz CT molecular complexity index is 449. The van der Waals surface area contributed by atoms with Gasteiger partial charge in [0.15, 0.2) is 0 Å². The molecule has 0 fully saturated rings. The SMILES string of the molecule is CCCCCCOC(=O)/C=C/C(=O)OCCC.O=C(O)/C=C/C(=O)O. The quantitative estimate of drug-likeness (QED) is 0.327. The monoisotopic (exact) mass is 358 g/mol. The lowest BCUT2D eigenvalue weighted by molar-refractivity contribution is -0.140. The molecule has 0 aromatic carbocycles. The highest BCUT2D eigenvalue weighted by Gasteiger charge is 2.00. The average molecular weight is 358 g/mol. The maximum atomic E-state index is 11.1. The number of carbonyl (C=O) groups excluding carboxylic acids is 2. The number of ether oxygens (including phenoxy) is 2. The summed E-state index contributed by atoms with van der Waals surface area (Å²) < 4.78 is 9.68. The first-order valence-electron chi connectivity index (χ1n) is 7.98. The molecule has 0 aromatic heterocycles. The van der Waals surface area contributed by atoms with Crippen LogP contribution < -0.4 is 0 Å². The molecule has 0 bridgehead atoms. The summed E-state index contributed by atoms with van der Waals surface area (Å²) in [6, 6.07) is 0. The summed E-state index contributed by atoms with van der Waals surface area (Å²) in [5, 5.41) is 15.6. The van der Waals surface area contributed by atoms with E-state index in [1.165, 1.54) is 0 Å². The number of carboxylic acid groups (broad SMARTS) is 2. The fourth-order valence-corrected chi connectivity index (χ4v) is 1.28. The second-order valence-corrected chi connectivity index (χ2v) is 4.74. The Labute approximate surface area is 147 Å². The molecule has 0 aliphatic rings. The molecule has 0 heterocycles. The average Bonchev–Trinajstić information content (AvgIpc) is 2.56. The van der Waals surface area contributed by atoms with E-state index in [4.69, 9.17) is 19.7 Å². The number of carbonyl (C=O) groups is 4. The third kappa shape index (κ3) is 23.8. The van der Waals surface area contributed by atoms with Gasteiger partial charge in [0, 0.05) is 24.3 Å². The molecule has 0 unspecified atom stereocenters. The highest BCUT2D eigenvalue weighted by Crippen LogP contribution is 1.99. The second-order valence-electron chi connectivity index (χ2n) is 4.74. The van der Waals surface area contributed by atoms with Crippen LogP contribution in [0.25, 0.3) is 0 Å². The van der Waals surface area contributed by atoms with E-state index >= 15 is 0 Å². The summed E-state index contributed by atoms with van der Waals surface area (Å²) >= 11 is 0. The van der Waals surface area contributed by atoms with Crippen molar-refractivity contribution in [3.63, 3.8) is 0 Å². The van der Waals surface area contributed by atoms with E-state index in [2.05, 4.69) is 6.92 Å². The first-order chi connectivity index (χ1) is 11.8. The third-order valence-corrected chi connectivity index (χ3v) is 2.41. The van der Waals surface area contributed by atoms with Crippen LogP contribution >= 0.6 is 0 Å². The molecule has 142 valence electrons. The van der Waals surface area contributed by atoms with Gasteiger partial charge in [-0.15, -0.1) is 0 Å². The summed E-state index contributed by atoms with van der Waals surface area (Å²) in [7, 11) is 0. The van der Waals surface area contributed by atoms with E-state index in [1.54, 1.807) is 0 Å². The predicted molar refractivity (Wildman–Crippen MR) is 89.9 cm³/mol. The number of rotatable bonds is 11. The van der Waals surface area contributed by atoms with Crippen molar-refractivity contribution in [2.75, 3.05) is 13.2 Å². The van der Waals surface area contributed by atoms with E-state index in [0.717, 1.165) is 44.3 Å². The van der Waals surface area contributed by atoms with Gasteiger partial charge in [0.05, 0.1) is 13.2 Å². The Kier molecular flexibility index (Phi) is 17.4. The minimum absolute atomic E-state index is 0.370. The van der Waals surface area contributed by atoms with Gasteiger partial charge in [-0.3, -0.25) is 0 Å². The van der Waals surface area contributed by atoms with Gasteiger partial charge in [-0.05, 0) is 12.8 Å². The van der Waals surface area contributed by atoms with E-state index in [9.17, 15) is 19.2 Å². The van der Waals surface area contributed by atoms with Gasteiger partial charge in [-0.1, -0.05) is 33.1 Å². The molecule has 0 aliphatic carbocycles. The number of carboxylic acids is 2. The molecule has 0 aromatic rings. The molecule has 2 N–H and O–H groups in total. The van der Waals surface area contributed by atoms with Crippen LogP contribution in [-0.2, 0) is 28.7 Å². The van der Waals surface area contributed by atoms with Crippen LogP contribution in [0, 0.1) is 0 Å². The summed E-state index contributed by atoms with van der Waals surface area (Å²) in [5.74, 6) is -3.51. The van der Waals surface area contributed by atoms with E-state index in [-0.39, 0.29) is 0 Å². The van der Waals surface area contributed by atoms with Crippen molar-refractivity contribution in [1.29, 1.82) is 0 Å². The minimum Gasteiger partial charge on any atom is -0.478 e. The Balaban J connectivity index is 0. The van der Waals surface area contributed by atoms with Gasteiger partial charge in [-0.25, -0.2) is 19.2 Å². The van der Waals surface area contributed by atoms with Gasteiger partial charge in [0.2, 0.25) is 0 Å². The maximum Gasteiger partial charge on any atom is 0.331 e. The smallest absolute Gasteiger partial charge is 0.331 e. The van der Waals surface area contributed by atoms with Crippen LogP contribution in [-0.4, -0.2) is 47.3 Å². The van der Waals surface area contributed by atoms with Crippen molar-refractivity contribution in [2.24, 2.45) is 0 Å². The zero-order valence-electron chi connectivity index (χ0n) is 14.6. The molecular weight excluding hydrogens is 332 g/mol. The van der Waals surface area contributed by atoms with Crippen LogP contribution in [0.15, 0.2) is 24.3 Å². The molecule has 0 aliphatic heterocycles. The number of esters is 2. The lowest BCUT2D eigenvalue weighted by Gasteiger charge is -2.01. The molecule has 0 amide bonds. The summed E-state index contributed by atoms with van der Waals surface area (Å²) in [5.41, 5.74) is 0. The Hall–Kier alpha value is -2.64. The Morgan fingerprint density at radius 2 is 1.16 bits per heavy atom. The summed E-state index contributed by atoms with van der Waals surface area (Å²) in [6.45, 7) is 4.81. The first-order valence-corrected chi connectivity index (χ1v) is 7.98. The fourth-order valence-electron chi connectivity index (χ4n) is 1.28. The third-order valence-electron chi connectivity index (χ3n) is 2.41. The maximum absolute atomic E-state index is 11.1. The van der Waals surface area contributed by atoms with Gasteiger partial charge in [-0.2, -0.15) is 0 Å². The van der Waals surface area contributed by atoms with E-state index in [0.29, 0.717) is 25.4 Å². The van der Waals surface area contributed by atoms with Crippen LogP contribution in [0.3, 0.4) is 0 Å². The molecule has 25 heavy (non-hydrogen) atoms. The van der Waals surface area contributed by atoms with Crippen molar-refractivity contribution >= 4 is 23.9 Å². The molecule has 0 atom stereocenters. The van der Waals surface area contributed by atoms with Crippen molar-refractivity contribution in [3.05, 3.63) is 24.3 Å². The second kappa shape index (κ2) is 17.7. The van der Waals surface area contributed by atoms with Crippen LogP contribution in [0.4, 0.5) is 0 Å². The zero-order valence-corrected chi connectivity index (χ0v) is 14.6. The van der Waals surface area contributed by atoms with Crippen molar-refractivity contribution in [1.82, 2.24) is 0 Å². The molecule has 0 radical (unpaired) electrons. The van der Waals surface area contributed by atoms with Crippen molar-refractivity contribution < 1.29 is 38.9 Å². The van der Waals surface area contributed by atoms with Crippen LogP contribution in [0.2, 0.25) is 0 Å². The normalized spacial score (nSPS) is 10.2. The summed E-state index contributed by atoms with van der Waals surface area (Å²) in [4.78, 5) is 41.2. The Morgan fingerprint density at radius 3 is 1.56 bits per heavy atom. The topological polar surface area (TPSA) is 127 Å². The molecule has 0 saturated carbocycles. The standard InChI is InChI=1S/C13H22O4.C4H4O4/c1-3-5-6-7-11-17-13(15)9-8-12(14)16-10-4-2;5-3(6)1-2-4(7)8/h8-9H,3-7,10-11H2,1-2H3;1-2H,(H,5,6)(H,7,8)/b9-8+;2-1+. The van der Waals surface area contributed by atoms with Crippen LogP contribution in [0.5, 0.6) is 0 Å². The van der Waals surface area contributed by atoms with E-state index in [1.807, 2.05) is 6.92 Å².